The predicted octanol–water partition coefficient (Wildman–Crippen LogP) is 4.46. The van der Waals surface area contributed by atoms with Gasteiger partial charge in [0.25, 0.3) is 0 Å². The van der Waals surface area contributed by atoms with Gasteiger partial charge >= 0.3 is 11.9 Å². The third kappa shape index (κ3) is 3.83. The minimum Gasteiger partial charge on any atom is -0.457 e. The number of carbonyl (C=O) groups is 4. The molecule has 0 radical (unpaired) electrons. The van der Waals surface area contributed by atoms with Gasteiger partial charge in [-0.3, -0.25) is 19.2 Å². The largest absolute Gasteiger partial charge is 0.457 e. The first-order valence-electron chi connectivity index (χ1n) is 13.1. The van der Waals surface area contributed by atoms with E-state index in [1.807, 2.05) is 26.8 Å². The number of alkyl halides is 2. The molecule has 7 nitrogen and oxygen atoms in total. The van der Waals surface area contributed by atoms with Crippen LogP contribution in [0.15, 0.2) is 23.8 Å². The molecule has 0 heterocycles. The fraction of sp³-hybridized carbons (Fsp3) is 0.714. The van der Waals surface area contributed by atoms with Gasteiger partial charge in [-0.25, -0.2) is 0 Å². The monoisotopic (exact) mass is 598 g/mol. The minimum atomic E-state index is -1.58. The Hall–Kier alpha value is -1.51. The molecule has 0 spiro atoms. The molecule has 9 heteroatoms. The summed E-state index contributed by atoms with van der Waals surface area (Å²) in [5.41, 5.74) is -2.45. The van der Waals surface area contributed by atoms with Crippen LogP contribution in [-0.2, 0) is 28.7 Å². The fourth-order valence-corrected chi connectivity index (χ4v) is 9.80. The highest BCUT2D eigenvalue weighted by Gasteiger charge is 2.77. The molecule has 0 aromatic rings. The van der Waals surface area contributed by atoms with Crippen LogP contribution < -0.4 is 0 Å². The number of rotatable bonds is 6. The Morgan fingerprint density at radius 1 is 1.19 bits per heavy atom. The first kappa shape index (κ1) is 28.5. The molecule has 0 aliphatic heterocycles. The zero-order valence-corrected chi connectivity index (χ0v) is 24.4. The van der Waals surface area contributed by atoms with Gasteiger partial charge in [-0.1, -0.05) is 62.2 Å². The second-order valence-corrected chi connectivity index (χ2v) is 13.3. The maximum absolute atomic E-state index is 13.9. The summed E-state index contributed by atoms with van der Waals surface area (Å²) in [7, 11) is 0. The average Bonchev–Trinajstić information content (AvgIpc) is 3.05. The van der Waals surface area contributed by atoms with Gasteiger partial charge < -0.3 is 14.6 Å². The summed E-state index contributed by atoms with van der Waals surface area (Å²) in [5, 5.41) is 11.9. The summed E-state index contributed by atoms with van der Waals surface area (Å²) in [6.07, 6.45) is 5.26. The van der Waals surface area contributed by atoms with Gasteiger partial charge in [-0.15, -0.1) is 11.6 Å². The molecule has 4 aliphatic carbocycles. The molecule has 37 heavy (non-hydrogen) atoms. The number of hydrogen-bond donors (Lipinski definition) is 1. The summed E-state index contributed by atoms with van der Waals surface area (Å²) < 4.78 is 11.3. The number of ether oxygens (including phenoxy) is 2. The van der Waals surface area contributed by atoms with Crippen LogP contribution in [0, 0.1) is 28.6 Å². The first-order chi connectivity index (χ1) is 17.2. The maximum Gasteiger partial charge on any atom is 0.306 e. The van der Waals surface area contributed by atoms with Crippen molar-refractivity contribution in [3.05, 3.63) is 23.8 Å². The van der Waals surface area contributed by atoms with Crippen molar-refractivity contribution in [2.24, 2.45) is 28.6 Å². The Kier molecular flexibility index (Phi) is 7.39. The summed E-state index contributed by atoms with van der Waals surface area (Å²) in [4.78, 5) is 49.5. The van der Waals surface area contributed by atoms with Gasteiger partial charge in [0.05, 0.1) is 11.0 Å². The van der Waals surface area contributed by atoms with Crippen LogP contribution in [0.4, 0.5) is 0 Å². The molecule has 9 atom stereocenters. The lowest BCUT2D eigenvalue weighted by Gasteiger charge is -2.65. The number of Topliss-reactive ketones (excluding diaryl/α,β-unsaturated/α-hetero) is 1. The smallest absolute Gasteiger partial charge is 0.306 e. The number of carbonyl (C=O) groups excluding carboxylic acids is 4. The van der Waals surface area contributed by atoms with E-state index in [4.69, 9.17) is 21.1 Å². The van der Waals surface area contributed by atoms with Gasteiger partial charge in [0, 0.05) is 34.4 Å². The van der Waals surface area contributed by atoms with E-state index < -0.39 is 57.7 Å². The van der Waals surface area contributed by atoms with Crippen molar-refractivity contribution in [1.82, 2.24) is 0 Å². The lowest BCUT2D eigenvalue weighted by atomic mass is 9.45. The van der Waals surface area contributed by atoms with Crippen LogP contribution in [0.25, 0.3) is 0 Å². The highest BCUT2D eigenvalue weighted by molar-refractivity contribution is 9.09. The van der Waals surface area contributed by atoms with Gasteiger partial charge in [0.15, 0.2) is 18.0 Å². The summed E-state index contributed by atoms with van der Waals surface area (Å²) >= 11 is 11.4. The topological polar surface area (TPSA) is 107 Å². The first-order valence-corrected chi connectivity index (χ1v) is 14.4. The number of ketones is 2. The Morgan fingerprint density at radius 2 is 1.84 bits per heavy atom. The third-order valence-electron chi connectivity index (χ3n) is 9.78. The molecule has 4 aliphatic rings. The van der Waals surface area contributed by atoms with Crippen molar-refractivity contribution in [2.45, 2.75) is 88.1 Å². The molecular weight excluding hydrogens is 564 g/mol. The molecule has 1 N–H and O–H groups in total. The van der Waals surface area contributed by atoms with Crippen LogP contribution in [0.5, 0.6) is 0 Å². The average molecular weight is 600 g/mol. The Balaban J connectivity index is 1.84. The summed E-state index contributed by atoms with van der Waals surface area (Å²) in [6, 6.07) is 0. The van der Waals surface area contributed by atoms with E-state index >= 15 is 0 Å². The number of allylic oxidation sites excluding steroid dienone is 4. The van der Waals surface area contributed by atoms with E-state index in [-0.39, 0.29) is 41.7 Å². The highest BCUT2D eigenvalue weighted by Crippen LogP contribution is 2.72. The molecular formula is C28H36BrClO7. The SMILES string of the molecule is CCC(=O)OCC(=O)[C@]1(OC(=O)CC)[C@@H](C)C[C@H]2[C@@H]3[C@H](Br)CC4=CC(=O)C=C[C@]4(C)[C@@]3(Cl)[C@@H](O)C[C@@]21C. The molecule has 0 saturated heterocycles. The van der Waals surface area contributed by atoms with Gasteiger partial charge in [-0.2, -0.15) is 0 Å². The van der Waals surface area contributed by atoms with Crippen LogP contribution in [-0.4, -0.2) is 56.6 Å². The minimum absolute atomic E-state index is 0.0782. The Bertz CT molecular complexity index is 1090. The zero-order valence-electron chi connectivity index (χ0n) is 22.0. The van der Waals surface area contributed by atoms with E-state index in [1.54, 1.807) is 19.9 Å². The number of esters is 2. The number of halogens is 2. The van der Waals surface area contributed by atoms with E-state index in [0.717, 1.165) is 5.57 Å². The molecule has 0 aromatic carbocycles. The molecule has 3 fully saturated rings. The van der Waals surface area contributed by atoms with E-state index in [1.165, 1.54) is 6.08 Å². The van der Waals surface area contributed by atoms with Crippen LogP contribution in [0.3, 0.4) is 0 Å². The predicted molar refractivity (Wildman–Crippen MR) is 141 cm³/mol. The second kappa shape index (κ2) is 9.60. The number of hydrogen-bond acceptors (Lipinski definition) is 7. The molecule has 4 rings (SSSR count). The maximum atomic E-state index is 13.9. The number of fused-ring (bicyclic) bond motifs is 5. The van der Waals surface area contributed by atoms with Crippen molar-refractivity contribution in [3.63, 3.8) is 0 Å². The van der Waals surface area contributed by atoms with Crippen molar-refractivity contribution >= 4 is 51.0 Å². The Labute approximate surface area is 231 Å². The molecule has 0 aromatic heterocycles. The quantitative estimate of drug-likeness (QED) is 0.355. The van der Waals surface area contributed by atoms with Crippen LogP contribution in [0.2, 0.25) is 0 Å². The molecule has 3 saturated carbocycles. The number of aliphatic hydroxyl groups is 1. The standard InChI is InChI=1S/C28H36BrClO7/c1-6-22(34)36-14-21(33)28(37-23(35)7-2)15(3)10-18-24-19(29)12-16-11-17(31)8-9-25(16,4)27(24,30)20(32)13-26(18,28)5/h8-9,11,15,18-20,24,32H,6-7,10,12-14H2,1-5H3/t15-,18-,19+,20-,24+,25-,26-,27+,28+/m0/s1. The van der Waals surface area contributed by atoms with Gasteiger partial charge in [0.1, 0.15) is 0 Å². The normalized spacial score (nSPS) is 44.3. The van der Waals surface area contributed by atoms with Gasteiger partial charge in [-0.05, 0) is 43.3 Å². The van der Waals surface area contributed by atoms with Crippen LogP contribution >= 0.6 is 27.5 Å². The lowest BCUT2D eigenvalue weighted by Crippen LogP contribution is -2.71. The van der Waals surface area contributed by atoms with Crippen molar-refractivity contribution in [1.29, 1.82) is 0 Å². The summed E-state index contributed by atoms with van der Waals surface area (Å²) in [5.74, 6) is -2.52. The highest BCUT2D eigenvalue weighted by atomic mass is 79.9. The van der Waals surface area contributed by atoms with Crippen LogP contribution in [0.1, 0.15) is 66.7 Å². The number of aliphatic hydroxyl groups excluding tert-OH is 1. The molecule has 0 amide bonds. The lowest BCUT2D eigenvalue weighted by molar-refractivity contribution is -0.203. The fourth-order valence-electron chi connectivity index (χ4n) is 7.95. The molecule has 204 valence electrons. The molecule has 0 unspecified atom stereocenters. The van der Waals surface area contributed by atoms with E-state index in [0.29, 0.717) is 12.8 Å². The summed E-state index contributed by atoms with van der Waals surface area (Å²) in [6.45, 7) is 8.55. The van der Waals surface area contributed by atoms with E-state index in [9.17, 15) is 24.3 Å². The van der Waals surface area contributed by atoms with Gasteiger partial charge in [0.2, 0.25) is 5.78 Å². The second-order valence-electron chi connectivity index (χ2n) is 11.5. The Morgan fingerprint density at radius 3 is 2.46 bits per heavy atom. The zero-order chi connectivity index (χ0) is 27.6. The third-order valence-corrected chi connectivity index (χ3v) is 11.6. The molecule has 0 bridgehead atoms. The van der Waals surface area contributed by atoms with Crippen molar-refractivity contribution in [2.75, 3.05) is 6.61 Å². The van der Waals surface area contributed by atoms with Crippen molar-refractivity contribution in [3.8, 4) is 0 Å². The van der Waals surface area contributed by atoms with E-state index in [2.05, 4.69) is 15.9 Å². The van der Waals surface area contributed by atoms with Crippen molar-refractivity contribution < 1.29 is 33.8 Å².